The van der Waals surface area contributed by atoms with Crippen LogP contribution in [-0.2, 0) is 6.54 Å². The molecule has 0 saturated carbocycles. The number of para-hydroxylation sites is 1. The third-order valence-corrected chi connectivity index (χ3v) is 4.82. The van der Waals surface area contributed by atoms with Crippen LogP contribution < -0.4 is 15.6 Å². The van der Waals surface area contributed by atoms with E-state index in [2.05, 4.69) is 10.3 Å². The molecule has 0 aliphatic carbocycles. The minimum Gasteiger partial charge on any atom is -0.496 e. The lowest BCUT2D eigenvalue weighted by Crippen LogP contribution is -2.26. The van der Waals surface area contributed by atoms with Gasteiger partial charge in [-0.05, 0) is 41.3 Å². The molecule has 0 aliphatic heterocycles. The van der Waals surface area contributed by atoms with E-state index in [1.807, 2.05) is 54.6 Å². The molecule has 0 unspecified atom stereocenters. The largest absolute Gasteiger partial charge is 0.496 e. The Balaban J connectivity index is 1.58. The third-order valence-electron chi connectivity index (χ3n) is 4.82. The van der Waals surface area contributed by atoms with Gasteiger partial charge >= 0.3 is 0 Å². The van der Waals surface area contributed by atoms with Gasteiger partial charge in [-0.3, -0.25) is 9.59 Å². The summed E-state index contributed by atoms with van der Waals surface area (Å²) in [6.07, 6.45) is 0. The second-order valence-electron chi connectivity index (χ2n) is 6.67. The van der Waals surface area contributed by atoms with Crippen LogP contribution in [0.1, 0.15) is 15.9 Å². The fourth-order valence-electron chi connectivity index (χ4n) is 3.29. The van der Waals surface area contributed by atoms with Crippen LogP contribution in [0.2, 0.25) is 0 Å². The molecule has 0 fully saturated rings. The number of fused-ring (bicyclic) bond motifs is 1. The quantitative estimate of drug-likeness (QED) is 0.543. The minimum atomic E-state index is -0.252. The van der Waals surface area contributed by atoms with Crippen molar-refractivity contribution in [2.24, 2.45) is 0 Å². The molecule has 0 radical (unpaired) electrons. The molecule has 0 saturated heterocycles. The number of hydrogen-bond acceptors (Lipinski definition) is 3. The number of hydrogen-bond donors (Lipinski definition) is 2. The number of H-pyrrole nitrogens is 1. The van der Waals surface area contributed by atoms with E-state index >= 15 is 0 Å². The number of carbonyl (C=O) groups excluding carboxylic acids is 1. The second-order valence-corrected chi connectivity index (χ2v) is 6.67. The Hall–Kier alpha value is -3.86. The second kappa shape index (κ2) is 8.02. The Labute approximate surface area is 168 Å². The average molecular weight is 384 g/mol. The number of nitrogens with one attached hydrogen (secondary N) is 2. The van der Waals surface area contributed by atoms with Crippen LogP contribution >= 0.6 is 0 Å². The zero-order chi connectivity index (χ0) is 20.2. The summed E-state index contributed by atoms with van der Waals surface area (Å²) >= 11 is 0. The molecular formula is C24H20N2O3. The van der Waals surface area contributed by atoms with E-state index in [1.165, 1.54) is 0 Å². The first kappa shape index (κ1) is 18.5. The van der Waals surface area contributed by atoms with Crippen molar-refractivity contribution in [2.75, 3.05) is 7.11 Å². The fourth-order valence-corrected chi connectivity index (χ4v) is 3.29. The highest BCUT2D eigenvalue weighted by molar-refractivity contribution is 5.96. The molecule has 4 rings (SSSR count). The van der Waals surface area contributed by atoms with Crippen molar-refractivity contribution >= 4 is 16.8 Å². The predicted octanol–water partition coefficient (Wildman–Crippen LogP) is 4.13. The minimum absolute atomic E-state index is 0.145. The molecule has 1 heterocycles. The van der Waals surface area contributed by atoms with Crippen LogP contribution in [0, 0.1) is 0 Å². The summed E-state index contributed by atoms with van der Waals surface area (Å²) < 4.78 is 5.44. The Morgan fingerprint density at radius 2 is 1.72 bits per heavy atom. The molecule has 1 aromatic heterocycles. The van der Waals surface area contributed by atoms with E-state index in [-0.39, 0.29) is 18.0 Å². The molecule has 29 heavy (non-hydrogen) atoms. The molecule has 0 atom stereocenters. The van der Waals surface area contributed by atoms with Crippen molar-refractivity contribution < 1.29 is 9.53 Å². The van der Waals surface area contributed by atoms with Gasteiger partial charge in [-0.25, -0.2) is 0 Å². The molecule has 4 aromatic rings. The Morgan fingerprint density at radius 1 is 0.966 bits per heavy atom. The summed E-state index contributed by atoms with van der Waals surface area (Å²) in [5, 5.41) is 3.76. The topological polar surface area (TPSA) is 71.2 Å². The number of rotatable bonds is 5. The van der Waals surface area contributed by atoms with Crippen LogP contribution in [0.3, 0.4) is 0 Å². The van der Waals surface area contributed by atoms with Crippen LogP contribution in [-0.4, -0.2) is 18.0 Å². The number of carbonyl (C=O) groups is 1. The van der Waals surface area contributed by atoms with E-state index in [0.717, 1.165) is 22.0 Å². The maximum atomic E-state index is 12.7. The number of amides is 1. The summed E-state index contributed by atoms with van der Waals surface area (Å²) in [6, 6.07) is 24.4. The van der Waals surface area contributed by atoms with Gasteiger partial charge in [0.05, 0.1) is 7.11 Å². The SMILES string of the molecule is COc1ccc(C(=O)NCc2cc3ccccc3[nH]c2=O)cc1-c1ccccc1. The van der Waals surface area contributed by atoms with E-state index in [9.17, 15) is 9.59 Å². The number of methoxy groups -OCH3 is 1. The zero-order valence-electron chi connectivity index (χ0n) is 15.9. The van der Waals surface area contributed by atoms with Gasteiger partial charge in [0.25, 0.3) is 11.5 Å². The van der Waals surface area contributed by atoms with E-state index < -0.39 is 0 Å². The zero-order valence-corrected chi connectivity index (χ0v) is 15.9. The first-order valence-electron chi connectivity index (χ1n) is 9.28. The van der Waals surface area contributed by atoms with Gasteiger partial charge in [0.15, 0.2) is 0 Å². The highest BCUT2D eigenvalue weighted by Crippen LogP contribution is 2.30. The molecule has 144 valence electrons. The third kappa shape index (κ3) is 3.89. The van der Waals surface area contributed by atoms with Gasteiger partial charge in [-0.2, -0.15) is 0 Å². The highest BCUT2D eigenvalue weighted by atomic mass is 16.5. The summed E-state index contributed by atoms with van der Waals surface area (Å²) in [4.78, 5) is 27.8. The molecule has 5 nitrogen and oxygen atoms in total. The van der Waals surface area contributed by atoms with Gasteiger partial charge < -0.3 is 15.0 Å². The van der Waals surface area contributed by atoms with E-state index in [0.29, 0.717) is 16.9 Å². The summed E-state index contributed by atoms with van der Waals surface area (Å²) in [7, 11) is 1.60. The number of ether oxygens (including phenoxy) is 1. The lowest BCUT2D eigenvalue weighted by atomic mass is 10.0. The van der Waals surface area contributed by atoms with Gasteiger partial charge in [-0.1, -0.05) is 48.5 Å². The van der Waals surface area contributed by atoms with Crippen molar-refractivity contribution in [1.82, 2.24) is 10.3 Å². The lowest BCUT2D eigenvalue weighted by molar-refractivity contribution is 0.0951. The van der Waals surface area contributed by atoms with Gasteiger partial charge in [0.1, 0.15) is 5.75 Å². The van der Waals surface area contributed by atoms with Crippen molar-refractivity contribution in [3.05, 3.63) is 100 Å². The molecular weight excluding hydrogens is 364 g/mol. The number of aromatic nitrogens is 1. The standard InChI is InChI=1S/C24H20N2O3/c1-29-22-12-11-18(14-20(22)16-7-3-2-4-8-16)23(27)25-15-19-13-17-9-5-6-10-21(17)26-24(19)28/h2-14H,15H2,1H3,(H,25,27)(H,26,28). The first-order chi connectivity index (χ1) is 14.2. The number of pyridine rings is 1. The van der Waals surface area contributed by atoms with Crippen molar-refractivity contribution in [2.45, 2.75) is 6.54 Å². The summed E-state index contributed by atoms with van der Waals surface area (Å²) in [6.45, 7) is 0.145. The molecule has 0 aliphatic rings. The number of aromatic amines is 1. The highest BCUT2D eigenvalue weighted by Gasteiger charge is 2.12. The summed E-state index contributed by atoms with van der Waals surface area (Å²) in [5.74, 6) is 0.441. The first-order valence-corrected chi connectivity index (χ1v) is 9.28. The Morgan fingerprint density at radius 3 is 2.52 bits per heavy atom. The van der Waals surface area contributed by atoms with Crippen molar-refractivity contribution in [3.8, 4) is 16.9 Å². The van der Waals surface area contributed by atoms with Crippen LogP contribution in [0.15, 0.2) is 83.7 Å². The van der Waals surface area contributed by atoms with Crippen molar-refractivity contribution in [3.63, 3.8) is 0 Å². The van der Waals surface area contributed by atoms with E-state index in [4.69, 9.17) is 4.74 Å². The number of benzene rings is 3. The Bertz CT molecular complexity index is 1230. The van der Waals surface area contributed by atoms with Crippen LogP contribution in [0.5, 0.6) is 5.75 Å². The lowest BCUT2D eigenvalue weighted by Gasteiger charge is -2.11. The molecule has 2 N–H and O–H groups in total. The molecule has 3 aromatic carbocycles. The van der Waals surface area contributed by atoms with Crippen LogP contribution in [0.4, 0.5) is 0 Å². The monoisotopic (exact) mass is 384 g/mol. The normalized spacial score (nSPS) is 10.7. The van der Waals surface area contributed by atoms with Crippen molar-refractivity contribution in [1.29, 1.82) is 0 Å². The molecule has 0 bridgehead atoms. The van der Waals surface area contributed by atoms with Gasteiger partial charge in [0.2, 0.25) is 0 Å². The maximum Gasteiger partial charge on any atom is 0.253 e. The van der Waals surface area contributed by atoms with Gasteiger partial charge in [-0.15, -0.1) is 0 Å². The van der Waals surface area contributed by atoms with Gasteiger partial charge in [0, 0.05) is 28.8 Å². The Kier molecular flexibility index (Phi) is 5.12. The fraction of sp³-hybridized carbons (Fsp3) is 0.0833. The van der Waals surface area contributed by atoms with Crippen LogP contribution in [0.25, 0.3) is 22.0 Å². The maximum absolute atomic E-state index is 12.7. The smallest absolute Gasteiger partial charge is 0.253 e. The molecule has 0 spiro atoms. The predicted molar refractivity (Wildman–Crippen MR) is 114 cm³/mol. The summed E-state index contributed by atoms with van der Waals surface area (Å²) in [5.41, 5.74) is 3.38. The van der Waals surface area contributed by atoms with E-state index in [1.54, 1.807) is 31.4 Å². The average Bonchev–Trinajstić information content (AvgIpc) is 2.77. The molecule has 1 amide bonds. The molecule has 5 heteroatoms.